The molecule has 1 amide bonds. The number of amides is 1. The smallest absolute Gasteiger partial charge is 0.418 e. The molecule has 198 valence electrons. The molecule has 38 heavy (non-hydrogen) atoms. The van der Waals surface area contributed by atoms with E-state index < -0.39 is 6.09 Å². The van der Waals surface area contributed by atoms with Crippen molar-refractivity contribution in [2.45, 2.75) is 20.4 Å². The highest BCUT2D eigenvalue weighted by Gasteiger charge is 2.22. The fourth-order valence-corrected chi connectivity index (χ4v) is 4.67. The zero-order chi connectivity index (χ0) is 27.2. The number of fused-ring (bicyclic) bond motifs is 1. The first-order valence-corrected chi connectivity index (χ1v) is 12.7. The van der Waals surface area contributed by atoms with E-state index in [1.54, 1.807) is 30.5 Å². The number of aromatic nitrogens is 3. The molecule has 11 heteroatoms. The molecule has 4 rings (SSSR count). The first-order chi connectivity index (χ1) is 18.4. The van der Waals surface area contributed by atoms with Crippen molar-refractivity contribution >= 4 is 46.1 Å². The molecule has 4 aromatic rings. The van der Waals surface area contributed by atoms with Gasteiger partial charge in [-0.05, 0) is 36.9 Å². The molecular formula is C27H27Cl2N5O4. The first kappa shape index (κ1) is 27.4. The summed E-state index contributed by atoms with van der Waals surface area (Å²) in [6.07, 6.45) is 4.05. The quantitative estimate of drug-likeness (QED) is 0.251. The van der Waals surface area contributed by atoms with Crippen molar-refractivity contribution in [2.75, 3.05) is 32.6 Å². The Morgan fingerprint density at radius 3 is 2.13 bits per heavy atom. The third kappa shape index (κ3) is 5.75. The van der Waals surface area contributed by atoms with E-state index in [9.17, 15) is 4.79 Å². The summed E-state index contributed by atoms with van der Waals surface area (Å²) in [5.74, 6) is 1.34. The van der Waals surface area contributed by atoms with Gasteiger partial charge in [-0.3, -0.25) is 15.2 Å². The topological polar surface area (TPSA) is 98.7 Å². The van der Waals surface area contributed by atoms with Gasteiger partial charge in [0, 0.05) is 42.3 Å². The first-order valence-electron chi connectivity index (χ1n) is 11.9. The summed E-state index contributed by atoms with van der Waals surface area (Å²) in [7, 11) is 3.00. The lowest BCUT2D eigenvalue weighted by atomic mass is 10.0. The molecular weight excluding hydrogens is 529 g/mol. The van der Waals surface area contributed by atoms with Crippen LogP contribution in [-0.4, -0.2) is 53.3 Å². The molecule has 0 radical (unpaired) electrons. The number of hydrogen-bond acceptors (Lipinski definition) is 8. The van der Waals surface area contributed by atoms with Crippen LogP contribution in [0.25, 0.3) is 22.2 Å². The van der Waals surface area contributed by atoms with Crippen LogP contribution >= 0.6 is 23.2 Å². The Labute approximate surface area is 230 Å². The molecule has 1 N–H and O–H groups in total. The molecule has 0 aliphatic carbocycles. The average molecular weight is 556 g/mol. The summed E-state index contributed by atoms with van der Waals surface area (Å²) in [5.41, 5.74) is 2.85. The van der Waals surface area contributed by atoms with Gasteiger partial charge in [-0.15, -0.1) is 0 Å². The standard InChI is InChI=1S/C27H27Cl2N5O4/c1-5-34(6-2)15-16-7-10-21(32-14-16)33-27(35)38-18-9-8-17(25-26(18)31-12-11-30-25)22-23(28)19(36-3)13-20(37-4)24(22)29/h7-14H,5-6,15H2,1-4H3,(H,32,33,35). The normalized spacial score (nSPS) is 11.0. The summed E-state index contributed by atoms with van der Waals surface area (Å²) in [6.45, 7) is 6.90. The number of nitrogens with one attached hydrogen (secondary N) is 1. The minimum atomic E-state index is -0.715. The number of rotatable bonds is 9. The van der Waals surface area contributed by atoms with E-state index in [2.05, 4.69) is 39.0 Å². The van der Waals surface area contributed by atoms with Gasteiger partial charge in [0.1, 0.15) is 28.4 Å². The lowest BCUT2D eigenvalue weighted by Crippen LogP contribution is -2.22. The van der Waals surface area contributed by atoms with E-state index in [0.717, 1.165) is 25.2 Å². The van der Waals surface area contributed by atoms with Gasteiger partial charge in [0.2, 0.25) is 0 Å². The highest BCUT2D eigenvalue weighted by molar-refractivity contribution is 6.41. The fourth-order valence-electron chi connectivity index (χ4n) is 3.97. The van der Waals surface area contributed by atoms with E-state index in [1.807, 2.05) is 6.07 Å². The lowest BCUT2D eigenvalue weighted by molar-refractivity contribution is 0.215. The number of nitrogens with zero attached hydrogens (tertiary/aromatic N) is 4. The van der Waals surface area contributed by atoms with Gasteiger partial charge in [0.05, 0.1) is 24.3 Å². The van der Waals surface area contributed by atoms with Gasteiger partial charge < -0.3 is 14.2 Å². The van der Waals surface area contributed by atoms with Gasteiger partial charge in [-0.2, -0.15) is 0 Å². The van der Waals surface area contributed by atoms with Crippen LogP contribution in [0, 0.1) is 0 Å². The van der Waals surface area contributed by atoms with Crippen molar-refractivity contribution in [3.8, 4) is 28.4 Å². The summed E-state index contributed by atoms with van der Waals surface area (Å²) in [5, 5.41) is 3.22. The second-order valence-corrected chi connectivity index (χ2v) is 8.93. The third-order valence-electron chi connectivity index (χ3n) is 5.99. The molecule has 2 aromatic carbocycles. The molecule has 0 atom stereocenters. The molecule has 9 nitrogen and oxygen atoms in total. The van der Waals surface area contributed by atoms with Crippen LogP contribution < -0.4 is 19.5 Å². The van der Waals surface area contributed by atoms with Crippen LogP contribution in [0.2, 0.25) is 10.0 Å². The Hall–Kier alpha value is -3.66. The van der Waals surface area contributed by atoms with E-state index in [0.29, 0.717) is 39.5 Å². The molecule has 0 unspecified atom stereocenters. The number of hydrogen-bond donors (Lipinski definition) is 1. The van der Waals surface area contributed by atoms with Crippen molar-refractivity contribution < 1.29 is 19.0 Å². The Morgan fingerprint density at radius 2 is 1.55 bits per heavy atom. The van der Waals surface area contributed by atoms with Crippen LogP contribution in [0.3, 0.4) is 0 Å². The SMILES string of the molecule is CCN(CC)Cc1ccc(NC(=O)Oc2ccc(-c3c(Cl)c(OC)cc(OC)c3Cl)c3nccnc23)nc1. The molecule has 0 saturated heterocycles. The zero-order valence-electron chi connectivity index (χ0n) is 21.4. The molecule has 0 fully saturated rings. The van der Waals surface area contributed by atoms with Crippen molar-refractivity contribution in [2.24, 2.45) is 0 Å². The molecule has 2 heterocycles. The number of halogens is 2. The number of benzene rings is 2. The van der Waals surface area contributed by atoms with Gasteiger partial charge >= 0.3 is 6.09 Å². The maximum absolute atomic E-state index is 12.7. The van der Waals surface area contributed by atoms with Crippen LogP contribution in [0.5, 0.6) is 17.2 Å². The van der Waals surface area contributed by atoms with Crippen molar-refractivity contribution in [1.29, 1.82) is 0 Å². The summed E-state index contributed by atoms with van der Waals surface area (Å²) < 4.78 is 16.4. The molecule has 0 spiro atoms. The third-order valence-corrected chi connectivity index (χ3v) is 6.74. The van der Waals surface area contributed by atoms with Gasteiger partial charge in [-0.25, -0.2) is 14.8 Å². The minimum absolute atomic E-state index is 0.203. The molecule has 2 aromatic heterocycles. The molecule has 0 bridgehead atoms. The van der Waals surface area contributed by atoms with E-state index in [-0.39, 0.29) is 15.8 Å². The Kier molecular flexibility index (Phi) is 8.83. The number of anilines is 1. The summed E-state index contributed by atoms with van der Waals surface area (Å²) in [4.78, 5) is 28.2. The minimum Gasteiger partial charge on any atom is -0.495 e. The van der Waals surface area contributed by atoms with Crippen LogP contribution in [0.15, 0.2) is 48.9 Å². The summed E-state index contributed by atoms with van der Waals surface area (Å²) >= 11 is 13.3. The van der Waals surface area contributed by atoms with Crippen molar-refractivity contribution in [3.05, 3.63) is 64.5 Å². The number of pyridine rings is 1. The predicted molar refractivity (Wildman–Crippen MR) is 149 cm³/mol. The van der Waals surface area contributed by atoms with E-state index >= 15 is 0 Å². The van der Waals surface area contributed by atoms with Gasteiger partial charge in [-0.1, -0.05) is 43.1 Å². The highest BCUT2D eigenvalue weighted by atomic mass is 35.5. The second kappa shape index (κ2) is 12.3. The van der Waals surface area contributed by atoms with Gasteiger partial charge in [0.15, 0.2) is 5.75 Å². The molecule has 0 aliphatic heterocycles. The number of ether oxygens (including phenoxy) is 3. The van der Waals surface area contributed by atoms with E-state index in [4.69, 9.17) is 37.4 Å². The lowest BCUT2D eigenvalue weighted by Gasteiger charge is -2.17. The zero-order valence-corrected chi connectivity index (χ0v) is 22.9. The molecule has 0 aliphatic rings. The largest absolute Gasteiger partial charge is 0.495 e. The monoisotopic (exact) mass is 555 g/mol. The maximum atomic E-state index is 12.7. The summed E-state index contributed by atoms with van der Waals surface area (Å²) in [6, 6.07) is 8.57. The van der Waals surface area contributed by atoms with E-state index in [1.165, 1.54) is 26.6 Å². The van der Waals surface area contributed by atoms with Crippen LogP contribution in [-0.2, 0) is 6.54 Å². The number of carbonyl (C=O) groups is 1. The number of methoxy groups -OCH3 is 2. The Morgan fingerprint density at radius 1 is 0.895 bits per heavy atom. The number of carbonyl (C=O) groups excluding carboxylic acids is 1. The van der Waals surface area contributed by atoms with Crippen molar-refractivity contribution in [1.82, 2.24) is 19.9 Å². The fraction of sp³-hybridized carbons (Fsp3) is 0.259. The maximum Gasteiger partial charge on any atom is 0.418 e. The van der Waals surface area contributed by atoms with Gasteiger partial charge in [0.25, 0.3) is 0 Å². The Balaban J connectivity index is 1.61. The highest BCUT2D eigenvalue weighted by Crippen LogP contribution is 2.47. The van der Waals surface area contributed by atoms with Crippen LogP contribution in [0.1, 0.15) is 19.4 Å². The van der Waals surface area contributed by atoms with Crippen molar-refractivity contribution in [3.63, 3.8) is 0 Å². The molecule has 0 saturated carbocycles. The second-order valence-electron chi connectivity index (χ2n) is 8.18. The predicted octanol–water partition coefficient (Wildman–Crippen LogP) is 6.47. The van der Waals surface area contributed by atoms with Crippen LogP contribution in [0.4, 0.5) is 10.6 Å². The Bertz CT molecular complexity index is 1420. The average Bonchev–Trinajstić information content (AvgIpc) is 2.94.